The molecule has 3 aromatic rings. The summed E-state index contributed by atoms with van der Waals surface area (Å²) >= 11 is 1.74. The quantitative estimate of drug-likeness (QED) is 0.660. The largest absolute Gasteiger partial charge is 0.454 e. The van der Waals surface area contributed by atoms with Gasteiger partial charge in [0.2, 0.25) is 6.79 Å². The van der Waals surface area contributed by atoms with Crippen molar-refractivity contribution in [2.24, 2.45) is 0 Å². The minimum absolute atomic E-state index is 0.0239. The van der Waals surface area contributed by atoms with Gasteiger partial charge < -0.3 is 19.3 Å². The first-order valence-electron chi connectivity index (χ1n) is 9.83. The molecule has 0 aliphatic carbocycles. The van der Waals surface area contributed by atoms with Gasteiger partial charge in [-0.3, -0.25) is 4.79 Å². The predicted octanol–water partition coefficient (Wildman–Crippen LogP) is 3.25. The Hall–Kier alpha value is -2.87. The first-order valence-corrected chi connectivity index (χ1v) is 10.6. The number of piperazine rings is 1. The molecule has 2 aliphatic heterocycles. The van der Waals surface area contributed by atoms with Crippen LogP contribution in [-0.2, 0) is 6.42 Å². The lowest BCUT2D eigenvalue weighted by Gasteiger charge is -2.35. The number of rotatable bonds is 3. The van der Waals surface area contributed by atoms with Crippen LogP contribution in [0.3, 0.4) is 0 Å². The highest BCUT2D eigenvalue weighted by atomic mass is 32.1. The molecule has 0 bridgehead atoms. The molecule has 29 heavy (non-hydrogen) atoms. The molecular weight excluding hydrogens is 388 g/mol. The van der Waals surface area contributed by atoms with Crippen LogP contribution in [0.25, 0.3) is 10.2 Å². The average molecular weight is 410 g/mol. The van der Waals surface area contributed by atoms with E-state index >= 15 is 0 Å². The fraction of sp³-hybridized carbons (Fsp3) is 0.381. The zero-order chi connectivity index (χ0) is 20.0. The summed E-state index contributed by atoms with van der Waals surface area (Å²) in [6.45, 7) is 7.11. The van der Waals surface area contributed by atoms with Gasteiger partial charge in [0, 0.05) is 36.6 Å². The van der Waals surface area contributed by atoms with Gasteiger partial charge in [-0.05, 0) is 37.6 Å². The minimum atomic E-state index is 0.0239. The monoisotopic (exact) mass is 410 g/mol. The lowest BCUT2D eigenvalue weighted by Crippen LogP contribution is -2.49. The summed E-state index contributed by atoms with van der Waals surface area (Å²) in [5.41, 5.74) is 0.633. The Balaban J connectivity index is 1.33. The van der Waals surface area contributed by atoms with E-state index in [2.05, 4.69) is 22.9 Å². The number of benzene rings is 1. The molecule has 1 amide bonds. The summed E-state index contributed by atoms with van der Waals surface area (Å²) in [5, 5.41) is 1.12. The van der Waals surface area contributed by atoms with Gasteiger partial charge >= 0.3 is 0 Å². The molecule has 7 nitrogen and oxygen atoms in total. The van der Waals surface area contributed by atoms with Gasteiger partial charge in [-0.1, -0.05) is 6.92 Å². The van der Waals surface area contributed by atoms with E-state index in [1.54, 1.807) is 29.5 Å². The fourth-order valence-electron chi connectivity index (χ4n) is 3.81. The first-order chi connectivity index (χ1) is 14.1. The van der Waals surface area contributed by atoms with E-state index in [1.165, 1.54) is 4.88 Å². The van der Waals surface area contributed by atoms with Crippen molar-refractivity contribution >= 4 is 33.3 Å². The number of ether oxygens (including phenoxy) is 2. The molecule has 1 saturated heterocycles. The van der Waals surface area contributed by atoms with Gasteiger partial charge in [-0.25, -0.2) is 9.97 Å². The molecule has 0 spiro atoms. The zero-order valence-corrected chi connectivity index (χ0v) is 17.3. The third kappa shape index (κ3) is 3.27. The van der Waals surface area contributed by atoms with Crippen LogP contribution in [0.4, 0.5) is 5.82 Å². The summed E-state index contributed by atoms with van der Waals surface area (Å²) in [5.74, 6) is 3.12. The summed E-state index contributed by atoms with van der Waals surface area (Å²) < 4.78 is 10.7. The fourth-order valence-corrected chi connectivity index (χ4v) is 4.82. The van der Waals surface area contributed by atoms with Crippen LogP contribution in [0, 0.1) is 6.92 Å². The van der Waals surface area contributed by atoms with Gasteiger partial charge in [0.15, 0.2) is 11.5 Å². The standard InChI is InChI=1S/C21H22N4O3S/c1-3-15-11-16-19(22-13(2)23-20(16)29-15)24-6-8-25(9-7-24)21(26)14-4-5-17-18(10-14)28-12-27-17/h4-5,10-11H,3,6-9,12H2,1-2H3. The van der Waals surface area contributed by atoms with Gasteiger partial charge in [0.25, 0.3) is 5.91 Å². The Labute approximate surface area is 172 Å². The predicted molar refractivity (Wildman–Crippen MR) is 112 cm³/mol. The van der Waals surface area contributed by atoms with E-state index in [0.29, 0.717) is 30.2 Å². The average Bonchev–Trinajstić information content (AvgIpc) is 3.38. The molecule has 0 unspecified atom stereocenters. The summed E-state index contributed by atoms with van der Waals surface area (Å²) in [7, 11) is 0. The summed E-state index contributed by atoms with van der Waals surface area (Å²) in [4.78, 5) is 28.8. The number of anilines is 1. The molecule has 5 rings (SSSR count). The van der Waals surface area contributed by atoms with Crippen molar-refractivity contribution in [3.63, 3.8) is 0 Å². The van der Waals surface area contributed by atoms with Crippen molar-refractivity contribution in [2.75, 3.05) is 37.9 Å². The van der Waals surface area contributed by atoms with Gasteiger partial charge in [-0.2, -0.15) is 0 Å². The number of thiophene rings is 1. The van der Waals surface area contributed by atoms with Crippen LogP contribution in [0.2, 0.25) is 0 Å². The number of hydrogen-bond donors (Lipinski definition) is 0. The molecule has 1 aromatic carbocycles. The van der Waals surface area contributed by atoms with Crippen LogP contribution in [0.1, 0.15) is 28.0 Å². The molecule has 4 heterocycles. The Kier molecular flexibility index (Phi) is 4.50. The zero-order valence-electron chi connectivity index (χ0n) is 16.5. The lowest BCUT2D eigenvalue weighted by atomic mass is 10.1. The Bertz CT molecular complexity index is 1090. The molecule has 0 saturated carbocycles. The van der Waals surface area contributed by atoms with Gasteiger partial charge in [0.1, 0.15) is 16.5 Å². The molecule has 0 radical (unpaired) electrons. The number of carbonyl (C=O) groups excluding carboxylic acids is 1. The summed E-state index contributed by atoms with van der Waals surface area (Å²) in [6.07, 6.45) is 0.997. The van der Waals surface area contributed by atoms with Crippen molar-refractivity contribution in [2.45, 2.75) is 20.3 Å². The van der Waals surface area contributed by atoms with Gasteiger partial charge in [0.05, 0.1) is 5.39 Å². The van der Waals surface area contributed by atoms with E-state index < -0.39 is 0 Å². The van der Waals surface area contributed by atoms with E-state index in [0.717, 1.165) is 41.4 Å². The van der Waals surface area contributed by atoms with Crippen LogP contribution in [0.5, 0.6) is 11.5 Å². The van der Waals surface area contributed by atoms with Crippen molar-refractivity contribution in [1.82, 2.24) is 14.9 Å². The van der Waals surface area contributed by atoms with E-state index in [1.807, 2.05) is 11.8 Å². The van der Waals surface area contributed by atoms with E-state index in [-0.39, 0.29) is 12.7 Å². The number of fused-ring (bicyclic) bond motifs is 2. The SMILES string of the molecule is CCc1cc2c(N3CCN(C(=O)c4ccc5c(c4)OCO5)CC3)nc(C)nc2s1. The van der Waals surface area contributed by atoms with Crippen LogP contribution >= 0.6 is 11.3 Å². The number of aryl methyl sites for hydroxylation is 2. The molecule has 8 heteroatoms. The number of aromatic nitrogens is 2. The van der Waals surface area contributed by atoms with Crippen molar-refractivity contribution in [3.8, 4) is 11.5 Å². The van der Waals surface area contributed by atoms with Crippen LogP contribution in [-0.4, -0.2) is 53.7 Å². The molecule has 0 N–H and O–H groups in total. The smallest absolute Gasteiger partial charge is 0.254 e. The van der Waals surface area contributed by atoms with Gasteiger partial charge in [-0.15, -0.1) is 11.3 Å². The molecule has 150 valence electrons. The molecule has 2 aliphatic rings. The third-order valence-electron chi connectivity index (χ3n) is 5.37. The first kappa shape index (κ1) is 18.2. The Morgan fingerprint density at radius 1 is 1.10 bits per heavy atom. The number of carbonyl (C=O) groups is 1. The second-order valence-electron chi connectivity index (χ2n) is 7.23. The Morgan fingerprint density at radius 3 is 2.69 bits per heavy atom. The second-order valence-corrected chi connectivity index (χ2v) is 8.34. The maximum Gasteiger partial charge on any atom is 0.254 e. The minimum Gasteiger partial charge on any atom is -0.454 e. The van der Waals surface area contributed by atoms with Crippen LogP contribution < -0.4 is 14.4 Å². The molecule has 0 atom stereocenters. The highest BCUT2D eigenvalue weighted by Crippen LogP contribution is 2.34. The van der Waals surface area contributed by atoms with Crippen LogP contribution in [0.15, 0.2) is 24.3 Å². The lowest BCUT2D eigenvalue weighted by molar-refractivity contribution is 0.0746. The number of nitrogens with zero attached hydrogens (tertiary/aromatic N) is 4. The maximum absolute atomic E-state index is 12.9. The highest BCUT2D eigenvalue weighted by molar-refractivity contribution is 7.18. The molecule has 1 fully saturated rings. The molecule has 2 aromatic heterocycles. The normalized spacial score (nSPS) is 15.9. The highest BCUT2D eigenvalue weighted by Gasteiger charge is 2.26. The van der Waals surface area contributed by atoms with Crippen molar-refractivity contribution in [3.05, 3.63) is 40.5 Å². The topological polar surface area (TPSA) is 67.8 Å². The van der Waals surface area contributed by atoms with Crippen molar-refractivity contribution in [1.29, 1.82) is 0 Å². The molecular formula is C21H22N4O3S. The second kappa shape index (κ2) is 7.18. The van der Waals surface area contributed by atoms with E-state index in [4.69, 9.17) is 14.5 Å². The number of hydrogen-bond acceptors (Lipinski definition) is 7. The van der Waals surface area contributed by atoms with E-state index in [9.17, 15) is 4.79 Å². The van der Waals surface area contributed by atoms with Crippen molar-refractivity contribution < 1.29 is 14.3 Å². The maximum atomic E-state index is 12.9. The summed E-state index contributed by atoms with van der Waals surface area (Å²) in [6, 6.07) is 7.58. The Morgan fingerprint density at radius 2 is 1.90 bits per heavy atom. The number of amides is 1. The third-order valence-corrected chi connectivity index (χ3v) is 6.54.